The molecule has 0 amide bonds. The van der Waals surface area contributed by atoms with E-state index in [4.69, 9.17) is 0 Å². The smallest absolute Gasteiger partial charge is 0.224 e. The highest BCUT2D eigenvalue weighted by Gasteiger charge is 2.14. The summed E-state index contributed by atoms with van der Waals surface area (Å²) in [5.41, 5.74) is 1.88. The van der Waals surface area contributed by atoms with Gasteiger partial charge in [-0.3, -0.25) is 0 Å². The summed E-state index contributed by atoms with van der Waals surface area (Å²) in [6.45, 7) is 6.84. The third-order valence-corrected chi connectivity index (χ3v) is 3.02. The molecule has 2 rings (SSSR count). The number of nitrogens with zero attached hydrogens (tertiary/aromatic N) is 4. The summed E-state index contributed by atoms with van der Waals surface area (Å²) < 4.78 is 15.6. The first-order chi connectivity index (χ1) is 9.69. The minimum absolute atomic E-state index is 0.204. The van der Waals surface area contributed by atoms with E-state index >= 15 is 0 Å². The third kappa shape index (κ3) is 2.95. The molecule has 6 heteroatoms. The molecule has 0 aromatic carbocycles. The molecule has 0 saturated carbocycles. The van der Waals surface area contributed by atoms with Crippen LogP contribution >= 0.6 is 0 Å². The topological polar surface area (TPSA) is 55.6 Å². The highest BCUT2D eigenvalue weighted by atomic mass is 19.1. The predicted molar refractivity (Wildman–Crippen MR) is 76.6 cm³/mol. The molecule has 0 aliphatic heterocycles. The number of rotatable bonds is 6. The number of hydrogen-bond donors (Lipinski definition) is 1. The van der Waals surface area contributed by atoms with Crippen molar-refractivity contribution in [1.29, 1.82) is 0 Å². The molecule has 0 aliphatic carbocycles. The van der Waals surface area contributed by atoms with Gasteiger partial charge in [-0.05, 0) is 25.3 Å². The van der Waals surface area contributed by atoms with Crippen LogP contribution in [0.25, 0.3) is 5.82 Å². The second-order valence-electron chi connectivity index (χ2n) is 4.54. The lowest BCUT2D eigenvalue weighted by atomic mass is 10.2. The van der Waals surface area contributed by atoms with Gasteiger partial charge in [0, 0.05) is 12.2 Å². The van der Waals surface area contributed by atoms with Gasteiger partial charge in [0.05, 0.1) is 11.9 Å². The molecule has 0 saturated heterocycles. The van der Waals surface area contributed by atoms with Crippen molar-refractivity contribution in [2.75, 3.05) is 11.9 Å². The van der Waals surface area contributed by atoms with E-state index in [0.29, 0.717) is 5.95 Å². The van der Waals surface area contributed by atoms with E-state index in [1.54, 1.807) is 4.68 Å². The molecular weight excluding hydrogens is 257 g/mol. The van der Waals surface area contributed by atoms with Gasteiger partial charge in [0.25, 0.3) is 0 Å². The highest BCUT2D eigenvalue weighted by molar-refractivity contribution is 5.34. The fourth-order valence-electron chi connectivity index (χ4n) is 1.91. The molecule has 2 aromatic rings. The van der Waals surface area contributed by atoms with Crippen molar-refractivity contribution in [3.8, 4) is 5.82 Å². The van der Waals surface area contributed by atoms with Crippen LogP contribution in [0.5, 0.6) is 0 Å². The molecule has 0 fully saturated rings. The summed E-state index contributed by atoms with van der Waals surface area (Å²) >= 11 is 0. The van der Waals surface area contributed by atoms with E-state index < -0.39 is 5.82 Å². The maximum Gasteiger partial charge on any atom is 0.224 e. The maximum absolute atomic E-state index is 14.0. The zero-order valence-electron chi connectivity index (χ0n) is 12.1. The van der Waals surface area contributed by atoms with E-state index in [1.165, 1.54) is 6.20 Å². The number of hydrogen-bond acceptors (Lipinski definition) is 4. The summed E-state index contributed by atoms with van der Waals surface area (Å²) in [6, 6.07) is 1.99. The first-order valence-corrected chi connectivity index (χ1v) is 7.04. The van der Waals surface area contributed by atoms with Crippen LogP contribution in [-0.4, -0.2) is 26.3 Å². The Morgan fingerprint density at radius 3 is 2.70 bits per heavy atom. The quantitative estimate of drug-likeness (QED) is 0.882. The van der Waals surface area contributed by atoms with Gasteiger partial charge in [-0.25, -0.2) is 14.1 Å². The fourth-order valence-corrected chi connectivity index (χ4v) is 1.91. The largest absolute Gasteiger partial charge is 0.354 e. The van der Waals surface area contributed by atoms with Gasteiger partial charge in [-0.15, -0.1) is 0 Å². The highest BCUT2D eigenvalue weighted by Crippen LogP contribution is 2.16. The van der Waals surface area contributed by atoms with Crippen molar-refractivity contribution in [3.05, 3.63) is 29.5 Å². The van der Waals surface area contributed by atoms with Crippen molar-refractivity contribution >= 4 is 5.95 Å². The average Bonchev–Trinajstić information content (AvgIpc) is 2.89. The van der Waals surface area contributed by atoms with Gasteiger partial charge in [-0.1, -0.05) is 20.8 Å². The third-order valence-electron chi connectivity index (χ3n) is 3.02. The van der Waals surface area contributed by atoms with Crippen LogP contribution in [0.3, 0.4) is 0 Å². The molecule has 20 heavy (non-hydrogen) atoms. The lowest BCUT2D eigenvalue weighted by Gasteiger charge is -2.08. The van der Waals surface area contributed by atoms with Crippen molar-refractivity contribution in [2.24, 2.45) is 0 Å². The zero-order chi connectivity index (χ0) is 14.5. The van der Waals surface area contributed by atoms with Crippen molar-refractivity contribution in [3.63, 3.8) is 0 Å². The van der Waals surface area contributed by atoms with Gasteiger partial charge < -0.3 is 5.32 Å². The van der Waals surface area contributed by atoms with Crippen molar-refractivity contribution < 1.29 is 4.39 Å². The number of nitrogens with one attached hydrogen (secondary N) is 1. The van der Waals surface area contributed by atoms with Crippen LogP contribution in [0.2, 0.25) is 0 Å². The number of aryl methyl sites for hydroxylation is 2. The molecule has 108 valence electrons. The fraction of sp³-hybridized carbons (Fsp3) is 0.500. The van der Waals surface area contributed by atoms with Crippen LogP contribution in [0.4, 0.5) is 10.3 Å². The number of anilines is 1. The molecule has 1 N–H and O–H groups in total. The van der Waals surface area contributed by atoms with E-state index in [2.05, 4.69) is 20.4 Å². The van der Waals surface area contributed by atoms with Crippen molar-refractivity contribution in [1.82, 2.24) is 19.7 Å². The lowest BCUT2D eigenvalue weighted by Crippen LogP contribution is -2.11. The summed E-state index contributed by atoms with van der Waals surface area (Å²) in [5.74, 6) is 0.168. The van der Waals surface area contributed by atoms with E-state index in [0.717, 1.165) is 37.2 Å². The standard InChI is InChI=1S/C14H20FN5/c1-4-7-16-14-17-9-12(15)13(18-14)20-11(6-3)8-10(5-2)19-20/h8-9H,4-7H2,1-3H3,(H,16,17,18). The Labute approximate surface area is 118 Å². The monoisotopic (exact) mass is 277 g/mol. The Morgan fingerprint density at radius 1 is 1.25 bits per heavy atom. The number of halogens is 1. The molecule has 0 bridgehead atoms. The van der Waals surface area contributed by atoms with E-state index in [9.17, 15) is 4.39 Å². The Hall–Kier alpha value is -1.98. The predicted octanol–water partition coefficient (Wildman–Crippen LogP) is 2.75. The molecule has 5 nitrogen and oxygen atoms in total. The molecule has 0 atom stereocenters. The summed E-state index contributed by atoms with van der Waals surface area (Å²) in [4.78, 5) is 8.19. The molecule has 0 radical (unpaired) electrons. The van der Waals surface area contributed by atoms with Crippen LogP contribution in [0, 0.1) is 5.82 Å². The molecule has 0 unspecified atom stereocenters. The lowest BCUT2D eigenvalue weighted by molar-refractivity contribution is 0.587. The molecule has 0 aliphatic rings. The Balaban J connectivity index is 2.42. The van der Waals surface area contributed by atoms with Gasteiger partial charge >= 0.3 is 0 Å². The zero-order valence-corrected chi connectivity index (χ0v) is 12.1. The first kappa shape index (κ1) is 14.4. The van der Waals surface area contributed by atoms with Crippen LogP contribution < -0.4 is 5.32 Å². The van der Waals surface area contributed by atoms with Gasteiger partial charge in [0.2, 0.25) is 5.95 Å². The number of aromatic nitrogens is 4. The minimum Gasteiger partial charge on any atom is -0.354 e. The molecular formula is C14H20FN5. The average molecular weight is 277 g/mol. The van der Waals surface area contributed by atoms with Gasteiger partial charge in [0.15, 0.2) is 11.6 Å². The second kappa shape index (κ2) is 6.45. The summed E-state index contributed by atoms with van der Waals surface area (Å²) in [7, 11) is 0. The van der Waals surface area contributed by atoms with Crippen molar-refractivity contribution in [2.45, 2.75) is 40.0 Å². The van der Waals surface area contributed by atoms with Crippen LogP contribution in [0.1, 0.15) is 38.6 Å². The molecule has 0 spiro atoms. The SMILES string of the molecule is CCCNc1ncc(F)c(-n2nc(CC)cc2CC)n1. The van der Waals surface area contributed by atoms with Crippen LogP contribution in [0.15, 0.2) is 12.3 Å². The molecule has 2 aromatic heterocycles. The van der Waals surface area contributed by atoms with E-state index in [-0.39, 0.29) is 5.82 Å². The van der Waals surface area contributed by atoms with Gasteiger partial charge in [-0.2, -0.15) is 10.1 Å². The summed E-state index contributed by atoms with van der Waals surface area (Å²) in [5, 5.41) is 7.47. The van der Waals surface area contributed by atoms with Crippen LogP contribution in [-0.2, 0) is 12.8 Å². The molecule has 2 heterocycles. The van der Waals surface area contributed by atoms with Gasteiger partial charge in [0.1, 0.15) is 0 Å². The summed E-state index contributed by atoms with van der Waals surface area (Å²) in [6.07, 6.45) is 3.73. The first-order valence-electron chi connectivity index (χ1n) is 7.04. The Bertz CT molecular complexity index is 579. The Morgan fingerprint density at radius 2 is 2.05 bits per heavy atom. The normalized spacial score (nSPS) is 10.8. The second-order valence-corrected chi connectivity index (χ2v) is 4.54. The van der Waals surface area contributed by atoms with E-state index in [1.807, 2.05) is 26.8 Å². The maximum atomic E-state index is 14.0. The minimum atomic E-state index is -0.465. The Kier molecular flexibility index (Phi) is 4.65.